The van der Waals surface area contributed by atoms with E-state index in [2.05, 4.69) is 5.32 Å². The maximum atomic E-state index is 12.9. The Morgan fingerprint density at radius 1 is 1.24 bits per heavy atom. The Bertz CT molecular complexity index is 921. The smallest absolute Gasteiger partial charge is 0.341 e. The maximum Gasteiger partial charge on any atom is 0.341 e. The predicted molar refractivity (Wildman–Crippen MR) is 113 cm³/mol. The largest absolute Gasteiger partial charge is 0.462 e. The fraction of sp³-hybridized carbons (Fsp3) is 0.409. The number of benzene rings is 1. The fourth-order valence-electron chi connectivity index (χ4n) is 3.67. The minimum absolute atomic E-state index is 0.0473. The molecular weight excluding hydrogens is 388 g/mol. The molecule has 0 bridgehead atoms. The summed E-state index contributed by atoms with van der Waals surface area (Å²) in [6.45, 7) is 6.15. The van der Waals surface area contributed by atoms with Gasteiger partial charge in [0.25, 0.3) is 0 Å². The molecular formula is C22H26N2O4S. The van der Waals surface area contributed by atoms with E-state index in [9.17, 15) is 14.4 Å². The Hall–Kier alpha value is -2.67. The molecule has 0 spiro atoms. The van der Waals surface area contributed by atoms with Gasteiger partial charge in [0.15, 0.2) is 0 Å². The quantitative estimate of drug-likeness (QED) is 0.726. The van der Waals surface area contributed by atoms with Gasteiger partial charge in [-0.15, -0.1) is 11.3 Å². The number of nitrogens with zero attached hydrogens (tertiary/aromatic N) is 1. The molecule has 0 saturated heterocycles. The van der Waals surface area contributed by atoms with Crippen LogP contribution in [0.2, 0.25) is 0 Å². The first-order valence-electron chi connectivity index (χ1n) is 9.89. The molecule has 1 aromatic heterocycles. The number of carbonyl (C=O) groups excluding carboxylic acids is 3. The zero-order chi connectivity index (χ0) is 21.0. The van der Waals surface area contributed by atoms with Crippen LogP contribution in [-0.2, 0) is 27.2 Å². The SMILES string of the molecule is CCOC(=O)c1cc(CC)sc1NC(=O)CC1c2ccccc2CCN1C(C)=O. The zero-order valence-electron chi connectivity index (χ0n) is 17.0. The van der Waals surface area contributed by atoms with E-state index in [0.29, 0.717) is 17.1 Å². The van der Waals surface area contributed by atoms with Gasteiger partial charge in [-0.1, -0.05) is 31.2 Å². The monoisotopic (exact) mass is 414 g/mol. The first-order chi connectivity index (χ1) is 13.9. The summed E-state index contributed by atoms with van der Waals surface area (Å²) in [6, 6.07) is 9.39. The van der Waals surface area contributed by atoms with Gasteiger partial charge in [0.1, 0.15) is 5.00 Å². The number of carbonyl (C=O) groups is 3. The molecule has 3 rings (SSSR count). The van der Waals surface area contributed by atoms with E-state index in [4.69, 9.17) is 4.74 Å². The van der Waals surface area contributed by atoms with Crippen molar-refractivity contribution in [2.75, 3.05) is 18.5 Å². The van der Waals surface area contributed by atoms with Crippen molar-refractivity contribution in [2.45, 2.75) is 46.1 Å². The number of fused-ring (bicyclic) bond motifs is 1. The molecule has 0 saturated carbocycles. The third-order valence-electron chi connectivity index (χ3n) is 5.08. The molecule has 1 N–H and O–H groups in total. The molecule has 0 aliphatic carbocycles. The molecule has 1 aromatic carbocycles. The Balaban J connectivity index is 1.82. The van der Waals surface area contributed by atoms with Crippen LogP contribution in [0, 0.1) is 0 Å². The topological polar surface area (TPSA) is 75.7 Å². The number of aryl methyl sites for hydroxylation is 1. The van der Waals surface area contributed by atoms with Crippen LogP contribution in [0.1, 0.15) is 59.6 Å². The summed E-state index contributed by atoms with van der Waals surface area (Å²) >= 11 is 1.38. The number of hydrogen-bond donors (Lipinski definition) is 1. The van der Waals surface area contributed by atoms with Crippen molar-refractivity contribution in [3.8, 4) is 0 Å². The number of rotatable bonds is 6. The molecule has 1 unspecified atom stereocenters. The highest BCUT2D eigenvalue weighted by Gasteiger charge is 2.31. The van der Waals surface area contributed by atoms with E-state index in [0.717, 1.165) is 23.3 Å². The highest BCUT2D eigenvalue weighted by Crippen LogP contribution is 2.34. The van der Waals surface area contributed by atoms with Gasteiger partial charge in [0.05, 0.1) is 24.6 Å². The number of thiophene rings is 1. The van der Waals surface area contributed by atoms with Crippen LogP contribution in [0.3, 0.4) is 0 Å². The number of anilines is 1. The summed E-state index contributed by atoms with van der Waals surface area (Å²) in [5, 5.41) is 3.39. The van der Waals surface area contributed by atoms with E-state index in [-0.39, 0.29) is 30.9 Å². The summed E-state index contributed by atoms with van der Waals surface area (Å²) in [6.07, 6.45) is 1.69. The number of ether oxygens (including phenoxy) is 1. The standard InChI is InChI=1S/C22H26N2O4S/c1-4-16-12-18(22(27)28-5-2)21(29-16)23-20(26)13-19-17-9-7-6-8-15(17)10-11-24(19)14(3)25/h6-9,12,19H,4-5,10-11,13H2,1-3H3,(H,23,26). The van der Waals surface area contributed by atoms with Gasteiger partial charge < -0.3 is 15.0 Å². The van der Waals surface area contributed by atoms with Crippen molar-refractivity contribution in [1.29, 1.82) is 0 Å². The van der Waals surface area contributed by atoms with Crippen molar-refractivity contribution < 1.29 is 19.1 Å². The second kappa shape index (κ2) is 9.22. The third kappa shape index (κ3) is 4.67. The molecule has 29 heavy (non-hydrogen) atoms. The lowest BCUT2D eigenvalue weighted by Crippen LogP contribution is -2.40. The fourth-order valence-corrected chi connectivity index (χ4v) is 4.67. The van der Waals surface area contributed by atoms with Crippen molar-refractivity contribution in [3.05, 3.63) is 51.9 Å². The van der Waals surface area contributed by atoms with Gasteiger partial charge in [-0.05, 0) is 37.0 Å². The van der Waals surface area contributed by atoms with E-state index >= 15 is 0 Å². The second-order valence-electron chi connectivity index (χ2n) is 6.96. The molecule has 2 aromatic rings. The number of amides is 2. The normalized spacial score (nSPS) is 15.6. The van der Waals surface area contributed by atoms with Crippen LogP contribution in [0.5, 0.6) is 0 Å². The van der Waals surface area contributed by atoms with Crippen molar-refractivity contribution in [3.63, 3.8) is 0 Å². The van der Waals surface area contributed by atoms with Crippen LogP contribution < -0.4 is 5.32 Å². The van der Waals surface area contributed by atoms with Gasteiger partial charge in [-0.3, -0.25) is 9.59 Å². The lowest BCUT2D eigenvalue weighted by molar-refractivity contribution is -0.132. The van der Waals surface area contributed by atoms with E-state index in [1.165, 1.54) is 23.8 Å². The Morgan fingerprint density at radius 2 is 2.00 bits per heavy atom. The first kappa shape index (κ1) is 21.0. The van der Waals surface area contributed by atoms with E-state index in [1.807, 2.05) is 31.2 Å². The number of esters is 1. The highest BCUT2D eigenvalue weighted by molar-refractivity contribution is 7.16. The van der Waals surface area contributed by atoms with Crippen LogP contribution in [-0.4, -0.2) is 35.8 Å². The maximum absolute atomic E-state index is 12.9. The average molecular weight is 415 g/mol. The second-order valence-corrected chi connectivity index (χ2v) is 8.10. The molecule has 154 valence electrons. The molecule has 0 fully saturated rings. The summed E-state index contributed by atoms with van der Waals surface area (Å²) in [7, 11) is 0. The molecule has 1 aliphatic heterocycles. The summed E-state index contributed by atoms with van der Waals surface area (Å²) in [5.74, 6) is -0.714. The van der Waals surface area contributed by atoms with E-state index in [1.54, 1.807) is 17.9 Å². The Morgan fingerprint density at radius 3 is 2.69 bits per heavy atom. The molecule has 7 heteroatoms. The van der Waals surface area contributed by atoms with Crippen LogP contribution in [0.25, 0.3) is 0 Å². The first-order valence-corrected chi connectivity index (χ1v) is 10.7. The van der Waals surface area contributed by atoms with Crippen LogP contribution in [0.4, 0.5) is 5.00 Å². The minimum atomic E-state index is -0.438. The average Bonchev–Trinajstić information content (AvgIpc) is 3.11. The van der Waals surface area contributed by atoms with Crippen LogP contribution >= 0.6 is 11.3 Å². The molecule has 6 nitrogen and oxygen atoms in total. The Labute approximate surface area is 174 Å². The van der Waals surface area contributed by atoms with Gasteiger partial charge in [-0.2, -0.15) is 0 Å². The molecule has 2 heterocycles. The zero-order valence-corrected chi connectivity index (χ0v) is 17.8. The van der Waals surface area contributed by atoms with Gasteiger partial charge in [-0.25, -0.2) is 4.79 Å². The molecule has 1 atom stereocenters. The molecule has 2 amide bonds. The number of hydrogen-bond acceptors (Lipinski definition) is 5. The highest BCUT2D eigenvalue weighted by atomic mass is 32.1. The van der Waals surface area contributed by atoms with Crippen LogP contribution in [0.15, 0.2) is 30.3 Å². The lowest BCUT2D eigenvalue weighted by atomic mass is 9.90. The summed E-state index contributed by atoms with van der Waals surface area (Å²) in [5.41, 5.74) is 2.56. The molecule has 0 radical (unpaired) electrons. The van der Waals surface area contributed by atoms with Crippen molar-refractivity contribution in [2.24, 2.45) is 0 Å². The van der Waals surface area contributed by atoms with Gasteiger partial charge >= 0.3 is 5.97 Å². The number of nitrogens with one attached hydrogen (secondary N) is 1. The molecule has 1 aliphatic rings. The van der Waals surface area contributed by atoms with Crippen molar-refractivity contribution in [1.82, 2.24) is 4.90 Å². The van der Waals surface area contributed by atoms with Crippen molar-refractivity contribution >= 4 is 34.1 Å². The van der Waals surface area contributed by atoms with E-state index < -0.39 is 5.97 Å². The third-order valence-corrected chi connectivity index (χ3v) is 6.27. The van der Waals surface area contributed by atoms with Gasteiger partial charge in [0.2, 0.25) is 11.8 Å². The summed E-state index contributed by atoms with van der Waals surface area (Å²) < 4.78 is 5.12. The lowest BCUT2D eigenvalue weighted by Gasteiger charge is -2.36. The predicted octanol–water partition coefficient (Wildman–Crippen LogP) is 3.96. The minimum Gasteiger partial charge on any atom is -0.462 e. The Kier molecular flexibility index (Phi) is 6.69. The van der Waals surface area contributed by atoms with Gasteiger partial charge in [0, 0.05) is 18.3 Å². The summed E-state index contributed by atoms with van der Waals surface area (Å²) in [4.78, 5) is 40.0.